The summed E-state index contributed by atoms with van der Waals surface area (Å²) < 4.78 is 5.66. The lowest BCUT2D eigenvalue weighted by Gasteiger charge is -2.32. The normalized spacial score (nSPS) is 18.8. The van der Waals surface area contributed by atoms with Gasteiger partial charge in [-0.1, -0.05) is 30.3 Å². The molecule has 8 heteroatoms. The van der Waals surface area contributed by atoms with E-state index in [-0.39, 0.29) is 27.3 Å². The molecule has 0 aromatic heterocycles. The maximum absolute atomic E-state index is 11.2. The first-order valence-corrected chi connectivity index (χ1v) is 7.99. The second-order valence-electron chi connectivity index (χ2n) is 5.36. The third-order valence-corrected chi connectivity index (χ3v) is 4.28. The van der Waals surface area contributed by atoms with Gasteiger partial charge in [0.2, 0.25) is 11.7 Å². The van der Waals surface area contributed by atoms with Crippen molar-refractivity contribution in [2.75, 3.05) is 0 Å². The number of halogens is 1. The van der Waals surface area contributed by atoms with E-state index in [1.54, 1.807) is 24.3 Å². The van der Waals surface area contributed by atoms with Crippen LogP contribution in [0.5, 0.6) is 17.2 Å². The van der Waals surface area contributed by atoms with Crippen LogP contribution >= 0.6 is 15.9 Å². The fraction of sp³-hybridized carbons (Fsp3) is 0.118. The number of hydroxylamine groups is 1. The summed E-state index contributed by atoms with van der Waals surface area (Å²) in [6.45, 7) is 1.21. The fourth-order valence-corrected chi connectivity index (χ4v) is 2.72. The average molecular weight is 408 g/mol. The second-order valence-corrected chi connectivity index (χ2v) is 6.16. The van der Waals surface area contributed by atoms with Gasteiger partial charge in [-0.25, -0.2) is 10.3 Å². The Hall–Kier alpha value is -2.55. The van der Waals surface area contributed by atoms with E-state index in [2.05, 4.69) is 21.4 Å². The zero-order valence-corrected chi connectivity index (χ0v) is 14.6. The number of phenols is 2. The lowest BCUT2D eigenvalue weighted by Crippen LogP contribution is -2.38. The van der Waals surface area contributed by atoms with Crippen molar-refractivity contribution in [1.82, 2.24) is 5.48 Å². The van der Waals surface area contributed by atoms with E-state index in [1.807, 2.05) is 6.07 Å². The second kappa shape index (κ2) is 6.40. The largest absolute Gasteiger partial charge is 0.506 e. The van der Waals surface area contributed by atoms with Gasteiger partial charge in [-0.3, -0.25) is 4.79 Å². The minimum absolute atomic E-state index is 0.0209. The van der Waals surface area contributed by atoms with Crippen molar-refractivity contribution in [2.24, 2.45) is 0 Å². The molecule has 3 rings (SSSR count). The van der Waals surface area contributed by atoms with E-state index >= 15 is 0 Å². The number of ether oxygens (including phenoxy) is 1. The number of nitrogens with one attached hydrogen (secondary N) is 1. The summed E-state index contributed by atoms with van der Waals surface area (Å²) in [6, 6.07) is 10.1. The standard InChI is InChI=1S/C17H14BrNO6/c1-9(20)19-25-17(23)8-13(10-5-3-2-4-6-10)24-12-7-11(21)15(18)16(22)14(12)17/h2-8,21-23H,1H3,(H,19,20). The minimum atomic E-state index is -2.22. The average Bonchev–Trinajstić information content (AvgIpc) is 2.58. The molecule has 25 heavy (non-hydrogen) atoms. The Bertz CT molecular complexity index is 867. The third kappa shape index (κ3) is 3.19. The number of rotatable bonds is 3. The SMILES string of the molecule is CC(=O)NOC1(O)C=C(c2ccccc2)Oc2cc(O)c(Br)c(O)c21. The van der Waals surface area contributed by atoms with Gasteiger partial charge in [-0.05, 0) is 15.9 Å². The summed E-state index contributed by atoms with van der Waals surface area (Å²) in [7, 11) is 0. The quantitative estimate of drug-likeness (QED) is 0.459. The number of hydrogen-bond acceptors (Lipinski definition) is 6. The summed E-state index contributed by atoms with van der Waals surface area (Å²) in [4.78, 5) is 16.3. The van der Waals surface area contributed by atoms with Gasteiger partial charge in [0.05, 0.1) is 0 Å². The molecule has 1 aliphatic heterocycles. The Kier molecular flexibility index (Phi) is 4.42. The van der Waals surface area contributed by atoms with Crippen molar-refractivity contribution in [2.45, 2.75) is 12.7 Å². The van der Waals surface area contributed by atoms with Crippen LogP contribution in [0.3, 0.4) is 0 Å². The molecule has 1 aliphatic rings. The van der Waals surface area contributed by atoms with Crippen LogP contribution in [0.4, 0.5) is 0 Å². The molecule has 7 nitrogen and oxygen atoms in total. The highest BCUT2D eigenvalue weighted by atomic mass is 79.9. The van der Waals surface area contributed by atoms with Crippen molar-refractivity contribution in [3.63, 3.8) is 0 Å². The zero-order chi connectivity index (χ0) is 18.2. The van der Waals surface area contributed by atoms with Gasteiger partial charge in [0.25, 0.3) is 0 Å². The molecule has 4 N–H and O–H groups in total. The molecular weight excluding hydrogens is 394 g/mol. The highest BCUT2D eigenvalue weighted by Gasteiger charge is 2.42. The van der Waals surface area contributed by atoms with Gasteiger partial charge in [0.1, 0.15) is 33.0 Å². The molecule has 0 saturated heterocycles. The summed E-state index contributed by atoms with van der Waals surface area (Å²) in [6.07, 6.45) is 1.21. The van der Waals surface area contributed by atoms with Crippen LogP contribution in [0, 0.1) is 0 Å². The molecule has 0 spiro atoms. The third-order valence-electron chi connectivity index (χ3n) is 3.50. The number of carbonyl (C=O) groups excluding carboxylic acids is 1. The summed E-state index contributed by atoms with van der Waals surface area (Å²) in [5.41, 5.74) is 2.52. The van der Waals surface area contributed by atoms with E-state index < -0.39 is 17.4 Å². The predicted molar refractivity (Wildman–Crippen MR) is 91.3 cm³/mol. The molecule has 0 fully saturated rings. The van der Waals surface area contributed by atoms with E-state index in [0.717, 1.165) is 0 Å². The topological polar surface area (TPSA) is 108 Å². The van der Waals surface area contributed by atoms with Crippen LogP contribution < -0.4 is 10.2 Å². The predicted octanol–water partition coefficient (Wildman–Crippen LogP) is 2.51. The van der Waals surface area contributed by atoms with Crippen molar-refractivity contribution < 1.29 is 29.7 Å². The van der Waals surface area contributed by atoms with Crippen LogP contribution in [-0.2, 0) is 15.4 Å². The Labute approximate surface area is 151 Å². The number of hydrogen-bond donors (Lipinski definition) is 4. The molecule has 0 bridgehead atoms. The van der Waals surface area contributed by atoms with Crippen LogP contribution in [0.2, 0.25) is 0 Å². The van der Waals surface area contributed by atoms with Crippen LogP contribution in [0.1, 0.15) is 18.1 Å². The van der Waals surface area contributed by atoms with Crippen LogP contribution in [0.15, 0.2) is 46.9 Å². The number of aromatic hydroxyl groups is 2. The maximum atomic E-state index is 11.2. The highest BCUT2D eigenvalue weighted by molar-refractivity contribution is 9.10. The molecule has 1 heterocycles. The van der Waals surface area contributed by atoms with E-state index in [9.17, 15) is 20.1 Å². The molecule has 130 valence electrons. The number of amides is 1. The van der Waals surface area contributed by atoms with E-state index in [0.29, 0.717) is 5.56 Å². The summed E-state index contributed by atoms with van der Waals surface area (Å²) in [5.74, 6) is -3.33. The highest BCUT2D eigenvalue weighted by Crippen LogP contribution is 2.50. The lowest BCUT2D eigenvalue weighted by atomic mass is 9.98. The monoisotopic (exact) mass is 407 g/mol. The molecular formula is C17H14BrNO6. The fourth-order valence-electron chi connectivity index (χ4n) is 2.41. The Morgan fingerprint density at radius 3 is 2.60 bits per heavy atom. The lowest BCUT2D eigenvalue weighted by molar-refractivity contribution is -0.218. The minimum Gasteiger partial charge on any atom is -0.506 e. The summed E-state index contributed by atoms with van der Waals surface area (Å²) in [5, 5.41) is 31.2. The Balaban J connectivity index is 2.17. The first kappa shape index (κ1) is 17.3. The number of carbonyl (C=O) groups is 1. The smallest absolute Gasteiger partial charge is 0.248 e. The molecule has 1 atom stereocenters. The first-order chi connectivity index (χ1) is 11.8. The van der Waals surface area contributed by atoms with Crippen molar-refractivity contribution in [3.8, 4) is 17.2 Å². The number of benzene rings is 2. The number of phenolic OH excluding ortho intramolecular Hbond substituents is 2. The number of aliphatic hydroxyl groups is 1. The molecule has 0 aliphatic carbocycles. The van der Waals surface area contributed by atoms with Gasteiger partial charge >= 0.3 is 0 Å². The molecule has 0 saturated carbocycles. The molecule has 1 unspecified atom stereocenters. The molecule has 2 aromatic carbocycles. The first-order valence-electron chi connectivity index (χ1n) is 7.20. The molecule has 0 radical (unpaired) electrons. The van der Waals surface area contributed by atoms with Gasteiger partial charge in [0.15, 0.2) is 0 Å². The van der Waals surface area contributed by atoms with Crippen molar-refractivity contribution in [1.29, 1.82) is 0 Å². The summed E-state index contributed by atoms with van der Waals surface area (Å²) >= 11 is 3.02. The maximum Gasteiger partial charge on any atom is 0.248 e. The van der Waals surface area contributed by atoms with Crippen LogP contribution in [0.25, 0.3) is 5.76 Å². The van der Waals surface area contributed by atoms with E-state index in [4.69, 9.17) is 9.57 Å². The Morgan fingerprint density at radius 1 is 1.28 bits per heavy atom. The van der Waals surface area contributed by atoms with Crippen molar-refractivity contribution >= 4 is 27.6 Å². The van der Waals surface area contributed by atoms with E-state index in [1.165, 1.54) is 19.1 Å². The van der Waals surface area contributed by atoms with Crippen molar-refractivity contribution in [3.05, 3.63) is 58.1 Å². The zero-order valence-electron chi connectivity index (χ0n) is 13.0. The molecule has 2 aromatic rings. The van der Waals surface area contributed by atoms with Gasteiger partial charge < -0.3 is 20.1 Å². The Morgan fingerprint density at radius 2 is 1.96 bits per heavy atom. The van der Waals surface area contributed by atoms with Gasteiger partial charge in [-0.15, -0.1) is 0 Å². The number of fused-ring (bicyclic) bond motifs is 1. The molecule has 1 amide bonds. The van der Waals surface area contributed by atoms with Gasteiger partial charge in [0, 0.05) is 24.6 Å². The van der Waals surface area contributed by atoms with Crippen LogP contribution in [-0.4, -0.2) is 21.2 Å². The van der Waals surface area contributed by atoms with Gasteiger partial charge in [-0.2, -0.15) is 0 Å².